The van der Waals surface area contributed by atoms with Crippen LogP contribution in [0.25, 0.3) is 122 Å². The fraction of sp³-hybridized carbons (Fsp3) is 0. The van der Waals surface area contributed by atoms with E-state index in [0.29, 0.717) is 17.5 Å². The van der Waals surface area contributed by atoms with Gasteiger partial charge in [0, 0.05) is 38.2 Å². The van der Waals surface area contributed by atoms with E-state index in [2.05, 4.69) is 109 Å². The fourth-order valence-corrected chi connectivity index (χ4v) is 8.43. The summed E-state index contributed by atoms with van der Waals surface area (Å²) < 4.78 is 12.8. The fourth-order valence-electron chi connectivity index (χ4n) is 8.43. The van der Waals surface area contributed by atoms with E-state index in [4.69, 9.17) is 23.8 Å². The summed E-state index contributed by atoms with van der Waals surface area (Å²) in [5.41, 5.74) is 13.4. The molecule has 0 spiro atoms. The lowest BCUT2D eigenvalue weighted by Crippen LogP contribution is -2.00. The first kappa shape index (κ1) is 29.2. The molecule has 0 saturated carbocycles. The first-order chi connectivity index (χ1) is 26.7. The van der Waals surface area contributed by atoms with Crippen LogP contribution < -0.4 is 0 Å². The van der Waals surface area contributed by atoms with Gasteiger partial charge in [-0.05, 0) is 74.5 Å². The van der Waals surface area contributed by atoms with E-state index in [1.807, 2.05) is 54.6 Å². The quantitative estimate of drug-likeness (QED) is 0.184. The predicted octanol–water partition coefficient (Wildman–Crippen LogP) is 13.1. The van der Waals surface area contributed by atoms with E-state index < -0.39 is 0 Å². The summed E-state index contributed by atoms with van der Waals surface area (Å²) >= 11 is 0. The number of nitrogens with zero attached hydrogens (tertiary/aromatic N) is 3. The maximum Gasteiger partial charge on any atom is 0.164 e. The van der Waals surface area contributed by atoms with Crippen LogP contribution in [0.4, 0.5) is 0 Å². The molecule has 0 amide bonds. The molecule has 12 rings (SSSR count). The Morgan fingerprint density at radius 3 is 1.67 bits per heavy atom. The zero-order chi connectivity index (χ0) is 35.3. The van der Waals surface area contributed by atoms with Crippen LogP contribution in [0.2, 0.25) is 0 Å². The molecule has 3 heterocycles. The molecule has 0 aliphatic heterocycles. The summed E-state index contributed by atoms with van der Waals surface area (Å²) in [6.07, 6.45) is 0. The predicted molar refractivity (Wildman–Crippen MR) is 218 cm³/mol. The van der Waals surface area contributed by atoms with Gasteiger partial charge in [-0.25, -0.2) is 15.0 Å². The van der Waals surface area contributed by atoms with E-state index in [1.165, 1.54) is 33.0 Å². The summed E-state index contributed by atoms with van der Waals surface area (Å²) in [7, 11) is 0. The average Bonchev–Trinajstić information content (AvgIpc) is 3.91. The van der Waals surface area contributed by atoms with E-state index in [0.717, 1.165) is 71.7 Å². The van der Waals surface area contributed by atoms with Crippen LogP contribution in [0, 0.1) is 0 Å². The van der Waals surface area contributed by atoms with Gasteiger partial charge in [-0.15, -0.1) is 0 Å². The first-order valence-electron chi connectivity index (χ1n) is 18.1. The molecule has 0 bridgehead atoms. The van der Waals surface area contributed by atoms with Crippen LogP contribution in [0.15, 0.2) is 173 Å². The zero-order valence-electron chi connectivity index (χ0n) is 28.7. The Morgan fingerprint density at radius 1 is 0.278 bits per heavy atom. The highest BCUT2D eigenvalue weighted by atomic mass is 16.3. The van der Waals surface area contributed by atoms with E-state index in [9.17, 15) is 0 Å². The van der Waals surface area contributed by atoms with Crippen LogP contribution in [0.5, 0.6) is 0 Å². The Kier molecular flexibility index (Phi) is 5.99. The van der Waals surface area contributed by atoms with Crippen LogP contribution in [-0.2, 0) is 0 Å². The van der Waals surface area contributed by atoms with E-state index in [-0.39, 0.29) is 0 Å². The summed E-state index contributed by atoms with van der Waals surface area (Å²) in [5, 5.41) is 6.93. The Morgan fingerprint density at radius 2 is 0.833 bits per heavy atom. The highest BCUT2D eigenvalue weighted by Crippen LogP contribution is 2.51. The SMILES string of the molecule is c1ccc(-c2nc(-c3ccc(-c4cccc5oc6cc7c8c(cccc8c6c45)-c4ccccc4-7)cc3)nc(-c3ccc4c(c3)oc3ccccc34)n2)cc1. The Labute approximate surface area is 308 Å². The maximum absolute atomic E-state index is 6.62. The minimum atomic E-state index is 0.588. The van der Waals surface area contributed by atoms with Crippen molar-refractivity contribution in [3.8, 4) is 67.5 Å². The number of rotatable bonds is 4. The number of aromatic nitrogens is 3. The highest BCUT2D eigenvalue weighted by Gasteiger charge is 2.25. The first-order valence-corrected chi connectivity index (χ1v) is 18.1. The zero-order valence-corrected chi connectivity index (χ0v) is 28.7. The van der Waals surface area contributed by atoms with Gasteiger partial charge < -0.3 is 8.83 Å². The summed E-state index contributed by atoms with van der Waals surface area (Å²) in [6, 6.07) is 56.7. The molecule has 0 radical (unpaired) electrons. The molecule has 250 valence electrons. The van der Waals surface area contributed by atoms with Crippen molar-refractivity contribution < 1.29 is 8.83 Å². The van der Waals surface area contributed by atoms with Crippen molar-refractivity contribution in [2.75, 3.05) is 0 Å². The third-order valence-electron chi connectivity index (χ3n) is 10.9. The van der Waals surface area contributed by atoms with Gasteiger partial charge in [0.1, 0.15) is 22.3 Å². The number of hydrogen-bond acceptors (Lipinski definition) is 5. The molecular weight excluding hydrogens is 663 g/mol. The molecule has 11 aromatic rings. The summed E-state index contributed by atoms with van der Waals surface area (Å²) in [6.45, 7) is 0. The number of hydrogen-bond donors (Lipinski definition) is 0. The molecule has 0 N–H and O–H groups in total. The third-order valence-corrected chi connectivity index (χ3v) is 10.9. The normalized spacial score (nSPS) is 12.1. The van der Waals surface area contributed by atoms with Gasteiger partial charge in [0.05, 0.1) is 0 Å². The van der Waals surface area contributed by atoms with Gasteiger partial charge in [0.25, 0.3) is 0 Å². The van der Waals surface area contributed by atoms with Crippen molar-refractivity contribution in [1.29, 1.82) is 0 Å². The number of benzene rings is 8. The van der Waals surface area contributed by atoms with Gasteiger partial charge in [0.15, 0.2) is 17.5 Å². The van der Waals surface area contributed by atoms with Crippen LogP contribution in [0.1, 0.15) is 0 Å². The lowest BCUT2D eigenvalue weighted by Gasteiger charge is -2.10. The lowest BCUT2D eigenvalue weighted by atomic mass is 9.94. The van der Waals surface area contributed by atoms with E-state index >= 15 is 0 Å². The molecule has 1 aliphatic rings. The monoisotopic (exact) mass is 689 g/mol. The molecule has 0 unspecified atom stereocenters. The van der Waals surface area contributed by atoms with Crippen molar-refractivity contribution in [2.45, 2.75) is 0 Å². The second-order valence-corrected chi connectivity index (χ2v) is 13.9. The number of para-hydroxylation sites is 1. The topological polar surface area (TPSA) is 65.0 Å². The standard InChI is InChI=1S/C49H27N3O2/c1-2-10-29(11-3-1)47-50-48(52-49(51-47)31-24-25-36-35-14-6-7-18-40(35)53-42(36)26-31)30-22-20-28(21-23-30)32-15-9-19-41-45(32)46-38-17-8-16-37-33-12-4-5-13-34(33)39(44(37)38)27-43(46)54-41/h1-27H. The molecule has 3 aromatic heterocycles. The van der Waals surface area contributed by atoms with Crippen molar-refractivity contribution in [2.24, 2.45) is 0 Å². The maximum atomic E-state index is 6.62. The molecule has 1 aliphatic carbocycles. The molecule has 54 heavy (non-hydrogen) atoms. The van der Waals surface area contributed by atoms with Crippen molar-refractivity contribution in [3.63, 3.8) is 0 Å². The highest BCUT2D eigenvalue weighted by molar-refractivity contribution is 6.29. The van der Waals surface area contributed by atoms with Gasteiger partial charge in [-0.1, -0.05) is 133 Å². The second-order valence-electron chi connectivity index (χ2n) is 13.9. The van der Waals surface area contributed by atoms with Crippen molar-refractivity contribution >= 4 is 54.6 Å². The van der Waals surface area contributed by atoms with E-state index in [1.54, 1.807) is 0 Å². The second kappa shape index (κ2) is 11.1. The molecule has 5 heteroatoms. The number of fused-ring (bicyclic) bond motifs is 10. The third kappa shape index (κ3) is 4.24. The molecule has 0 fully saturated rings. The lowest BCUT2D eigenvalue weighted by molar-refractivity contribution is 0.669. The van der Waals surface area contributed by atoms with Crippen LogP contribution in [-0.4, -0.2) is 15.0 Å². The molecular formula is C49H27N3O2. The van der Waals surface area contributed by atoms with Crippen LogP contribution >= 0.6 is 0 Å². The van der Waals surface area contributed by atoms with Crippen LogP contribution in [0.3, 0.4) is 0 Å². The smallest absolute Gasteiger partial charge is 0.164 e. The Hall–Kier alpha value is -7.37. The van der Waals surface area contributed by atoms with Crippen molar-refractivity contribution in [3.05, 3.63) is 164 Å². The molecule has 8 aromatic carbocycles. The molecule has 0 atom stereocenters. The van der Waals surface area contributed by atoms with Gasteiger partial charge in [-0.3, -0.25) is 0 Å². The summed E-state index contributed by atoms with van der Waals surface area (Å²) in [5.74, 6) is 1.81. The van der Waals surface area contributed by atoms with Gasteiger partial charge in [-0.2, -0.15) is 0 Å². The van der Waals surface area contributed by atoms with Gasteiger partial charge in [0.2, 0.25) is 0 Å². The van der Waals surface area contributed by atoms with Crippen molar-refractivity contribution in [1.82, 2.24) is 15.0 Å². The summed E-state index contributed by atoms with van der Waals surface area (Å²) in [4.78, 5) is 15.0. The minimum absolute atomic E-state index is 0.588. The molecule has 5 nitrogen and oxygen atoms in total. The molecule has 0 saturated heterocycles. The Balaban J connectivity index is 0.997. The average molecular weight is 690 g/mol. The number of furan rings is 2. The van der Waals surface area contributed by atoms with Gasteiger partial charge >= 0.3 is 0 Å². The Bertz CT molecular complexity index is 3320. The minimum Gasteiger partial charge on any atom is -0.456 e. The largest absolute Gasteiger partial charge is 0.456 e.